The van der Waals surface area contributed by atoms with Gasteiger partial charge in [-0.25, -0.2) is 4.39 Å². The first-order chi connectivity index (χ1) is 11.5. The number of carbonyl (C=O) groups excluding carboxylic acids is 2. The summed E-state index contributed by atoms with van der Waals surface area (Å²) in [5.74, 6) is 0.591. The number of benzene rings is 2. The monoisotopic (exact) mass is 346 g/mol. The minimum Gasteiger partial charge on any atom is -0.351 e. The molecule has 0 saturated heterocycles. The molecular formula is C18H19FN2O2S. The molecule has 2 amide bonds. The minimum absolute atomic E-state index is 0.0481. The van der Waals surface area contributed by atoms with Gasteiger partial charge in [-0.05, 0) is 35.4 Å². The lowest BCUT2D eigenvalue weighted by Crippen LogP contribution is -2.24. The van der Waals surface area contributed by atoms with E-state index in [0.717, 1.165) is 16.8 Å². The van der Waals surface area contributed by atoms with E-state index in [9.17, 15) is 14.0 Å². The van der Waals surface area contributed by atoms with Gasteiger partial charge >= 0.3 is 0 Å². The predicted molar refractivity (Wildman–Crippen MR) is 95.2 cm³/mol. The molecule has 2 rings (SSSR count). The average Bonchev–Trinajstić information content (AvgIpc) is 2.55. The third-order valence-corrected chi connectivity index (χ3v) is 4.18. The zero-order chi connectivity index (χ0) is 17.4. The van der Waals surface area contributed by atoms with E-state index < -0.39 is 0 Å². The Balaban J connectivity index is 1.69. The molecule has 0 bridgehead atoms. The largest absolute Gasteiger partial charge is 0.351 e. The van der Waals surface area contributed by atoms with E-state index in [1.54, 1.807) is 24.3 Å². The summed E-state index contributed by atoms with van der Waals surface area (Å²) in [6.07, 6.45) is 0. The first kappa shape index (κ1) is 18.0. The van der Waals surface area contributed by atoms with Gasteiger partial charge in [0.2, 0.25) is 11.8 Å². The van der Waals surface area contributed by atoms with Crippen LogP contribution >= 0.6 is 11.8 Å². The van der Waals surface area contributed by atoms with Crippen molar-refractivity contribution < 1.29 is 14.0 Å². The second-order valence-electron chi connectivity index (χ2n) is 5.27. The highest BCUT2D eigenvalue weighted by Crippen LogP contribution is 2.13. The fourth-order valence-electron chi connectivity index (χ4n) is 2.00. The molecule has 0 radical (unpaired) electrons. The Morgan fingerprint density at radius 2 is 1.62 bits per heavy atom. The van der Waals surface area contributed by atoms with Crippen molar-refractivity contribution in [2.24, 2.45) is 0 Å². The molecule has 4 nitrogen and oxygen atoms in total. The Bertz CT molecular complexity index is 687. The zero-order valence-electron chi connectivity index (χ0n) is 13.3. The van der Waals surface area contributed by atoms with Crippen LogP contribution in [0.3, 0.4) is 0 Å². The fourth-order valence-corrected chi connectivity index (χ4v) is 2.82. The SMILES string of the molecule is CC(=O)Nc1ccc(CNC(=O)CSCc2ccc(F)cc2)cc1. The molecular weight excluding hydrogens is 327 g/mol. The summed E-state index contributed by atoms with van der Waals surface area (Å²) in [6, 6.07) is 13.6. The van der Waals surface area contributed by atoms with Gasteiger partial charge in [0.15, 0.2) is 0 Å². The summed E-state index contributed by atoms with van der Waals surface area (Å²) in [5.41, 5.74) is 2.68. The van der Waals surface area contributed by atoms with Crippen molar-refractivity contribution in [2.45, 2.75) is 19.2 Å². The molecule has 126 valence electrons. The second kappa shape index (κ2) is 9.08. The Labute approximate surface area is 144 Å². The number of hydrogen-bond acceptors (Lipinski definition) is 3. The molecule has 0 aliphatic rings. The molecule has 0 saturated carbocycles. The first-order valence-corrected chi connectivity index (χ1v) is 8.64. The summed E-state index contributed by atoms with van der Waals surface area (Å²) in [7, 11) is 0. The molecule has 24 heavy (non-hydrogen) atoms. The van der Waals surface area contributed by atoms with Crippen molar-refractivity contribution >= 4 is 29.3 Å². The smallest absolute Gasteiger partial charge is 0.230 e. The van der Waals surface area contributed by atoms with Gasteiger partial charge in [-0.1, -0.05) is 24.3 Å². The molecule has 2 aromatic carbocycles. The van der Waals surface area contributed by atoms with Crippen LogP contribution in [0.25, 0.3) is 0 Å². The number of rotatable bonds is 7. The van der Waals surface area contributed by atoms with E-state index in [4.69, 9.17) is 0 Å². The van der Waals surface area contributed by atoms with Crippen LogP contribution in [0.1, 0.15) is 18.1 Å². The van der Waals surface area contributed by atoms with Crippen molar-refractivity contribution in [3.05, 3.63) is 65.5 Å². The first-order valence-electron chi connectivity index (χ1n) is 7.48. The van der Waals surface area contributed by atoms with Crippen molar-refractivity contribution in [1.82, 2.24) is 5.32 Å². The highest BCUT2D eigenvalue weighted by molar-refractivity contribution is 7.99. The number of hydrogen-bond donors (Lipinski definition) is 2. The normalized spacial score (nSPS) is 10.2. The van der Waals surface area contributed by atoms with Crippen molar-refractivity contribution in [3.8, 4) is 0 Å². The van der Waals surface area contributed by atoms with Gasteiger partial charge in [0.1, 0.15) is 5.82 Å². The maximum atomic E-state index is 12.8. The van der Waals surface area contributed by atoms with Gasteiger partial charge in [-0.15, -0.1) is 11.8 Å². The summed E-state index contributed by atoms with van der Waals surface area (Å²) in [5, 5.41) is 5.54. The van der Waals surface area contributed by atoms with Crippen LogP contribution < -0.4 is 10.6 Å². The summed E-state index contributed by atoms with van der Waals surface area (Å²) >= 11 is 1.48. The van der Waals surface area contributed by atoms with Crippen molar-refractivity contribution in [3.63, 3.8) is 0 Å². The number of carbonyl (C=O) groups is 2. The van der Waals surface area contributed by atoms with Crippen LogP contribution in [0.2, 0.25) is 0 Å². The van der Waals surface area contributed by atoms with Crippen LogP contribution in [0.4, 0.5) is 10.1 Å². The quantitative estimate of drug-likeness (QED) is 0.808. The van der Waals surface area contributed by atoms with Gasteiger partial charge < -0.3 is 10.6 Å². The van der Waals surface area contributed by atoms with Crippen LogP contribution in [0, 0.1) is 5.82 Å². The molecule has 0 heterocycles. The Kier molecular flexibility index (Phi) is 6.81. The fraction of sp³-hybridized carbons (Fsp3) is 0.222. The molecule has 2 N–H and O–H groups in total. The Morgan fingerprint density at radius 1 is 1.00 bits per heavy atom. The van der Waals surface area contributed by atoms with Crippen molar-refractivity contribution in [2.75, 3.05) is 11.1 Å². The van der Waals surface area contributed by atoms with Crippen LogP contribution in [0.5, 0.6) is 0 Å². The van der Waals surface area contributed by atoms with Crippen LogP contribution in [0.15, 0.2) is 48.5 Å². The summed E-state index contributed by atoms with van der Waals surface area (Å²) in [6.45, 7) is 1.90. The maximum absolute atomic E-state index is 12.8. The Morgan fingerprint density at radius 3 is 2.25 bits per heavy atom. The highest BCUT2D eigenvalue weighted by Gasteiger charge is 2.03. The van der Waals surface area contributed by atoms with Crippen LogP contribution in [-0.2, 0) is 21.9 Å². The Hall–Kier alpha value is -2.34. The van der Waals surface area contributed by atoms with E-state index >= 15 is 0 Å². The lowest BCUT2D eigenvalue weighted by Gasteiger charge is -2.07. The number of amides is 2. The average molecular weight is 346 g/mol. The molecule has 0 atom stereocenters. The summed E-state index contributed by atoms with van der Waals surface area (Å²) < 4.78 is 12.8. The van der Waals surface area contributed by atoms with Gasteiger partial charge in [-0.3, -0.25) is 9.59 Å². The third-order valence-electron chi connectivity index (χ3n) is 3.18. The van der Waals surface area contributed by atoms with Gasteiger partial charge in [-0.2, -0.15) is 0 Å². The molecule has 2 aromatic rings. The van der Waals surface area contributed by atoms with Gasteiger partial charge in [0.05, 0.1) is 5.75 Å². The van der Waals surface area contributed by atoms with Crippen molar-refractivity contribution in [1.29, 1.82) is 0 Å². The molecule has 0 spiro atoms. The molecule has 0 aliphatic heterocycles. The number of anilines is 1. The molecule has 0 unspecified atom stereocenters. The number of thioether (sulfide) groups is 1. The summed E-state index contributed by atoms with van der Waals surface area (Å²) in [4.78, 5) is 22.8. The number of halogens is 1. The van der Waals surface area contributed by atoms with E-state index in [0.29, 0.717) is 18.1 Å². The molecule has 6 heteroatoms. The van der Waals surface area contributed by atoms with E-state index in [-0.39, 0.29) is 17.6 Å². The molecule has 0 fully saturated rings. The maximum Gasteiger partial charge on any atom is 0.230 e. The van der Waals surface area contributed by atoms with Gasteiger partial charge in [0, 0.05) is 24.9 Å². The van der Waals surface area contributed by atoms with Crippen LogP contribution in [-0.4, -0.2) is 17.6 Å². The van der Waals surface area contributed by atoms with E-state index in [1.807, 2.05) is 12.1 Å². The zero-order valence-corrected chi connectivity index (χ0v) is 14.2. The lowest BCUT2D eigenvalue weighted by atomic mass is 10.2. The van der Waals surface area contributed by atoms with Gasteiger partial charge in [0.25, 0.3) is 0 Å². The standard InChI is InChI=1S/C18H19FN2O2S/c1-13(22)21-17-8-4-14(5-9-17)10-20-18(23)12-24-11-15-2-6-16(19)7-3-15/h2-9H,10-12H2,1H3,(H,20,23)(H,21,22). The topological polar surface area (TPSA) is 58.2 Å². The highest BCUT2D eigenvalue weighted by atomic mass is 32.2. The lowest BCUT2D eigenvalue weighted by molar-refractivity contribution is -0.118. The molecule has 0 aliphatic carbocycles. The minimum atomic E-state index is -0.258. The third kappa shape index (κ3) is 6.42. The van der Waals surface area contributed by atoms with E-state index in [1.165, 1.54) is 30.8 Å². The second-order valence-corrected chi connectivity index (χ2v) is 6.26. The van der Waals surface area contributed by atoms with E-state index in [2.05, 4.69) is 10.6 Å². The molecule has 0 aromatic heterocycles. The predicted octanol–water partition coefficient (Wildman–Crippen LogP) is 3.33. The number of nitrogens with one attached hydrogen (secondary N) is 2.